The molecule has 1 aliphatic heterocycles. The van der Waals surface area contributed by atoms with Crippen molar-refractivity contribution in [1.82, 2.24) is 5.32 Å². The van der Waals surface area contributed by atoms with E-state index in [0.717, 1.165) is 6.26 Å². The number of esters is 1. The van der Waals surface area contributed by atoms with Crippen LogP contribution in [0, 0.1) is 5.41 Å². The second kappa shape index (κ2) is 3.86. The summed E-state index contributed by atoms with van der Waals surface area (Å²) in [6.07, 6.45) is 1.66. The molecule has 1 atom stereocenters. The third-order valence-corrected chi connectivity index (χ3v) is 3.48. The van der Waals surface area contributed by atoms with Crippen LogP contribution in [-0.4, -0.2) is 46.6 Å². The highest BCUT2D eigenvalue weighted by atomic mass is 32.2. The quantitative estimate of drug-likeness (QED) is 0.631. The van der Waals surface area contributed by atoms with Gasteiger partial charge in [0.2, 0.25) is 0 Å². The zero-order valence-electron chi connectivity index (χ0n) is 8.37. The van der Waals surface area contributed by atoms with Gasteiger partial charge in [-0.25, -0.2) is 8.42 Å². The van der Waals surface area contributed by atoms with Gasteiger partial charge < -0.3 is 10.1 Å². The molecule has 0 bridgehead atoms. The van der Waals surface area contributed by atoms with Crippen LogP contribution in [0.4, 0.5) is 0 Å². The van der Waals surface area contributed by atoms with Crippen molar-refractivity contribution in [3.8, 4) is 0 Å². The Balaban J connectivity index is 2.88. The molecular weight excluding hydrogens is 206 g/mol. The van der Waals surface area contributed by atoms with Crippen LogP contribution in [0.5, 0.6) is 0 Å². The van der Waals surface area contributed by atoms with Crippen molar-refractivity contribution >= 4 is 15.8 Å². The molecule has 1 saturated heterocycles. The summed E-state index contributed by atoms with van der Waals surface area (Å²) < 4.78 is 27.0. The molecule has 0 saturated carbocycles. The highest BCUT2D eigenvalue weighted by Gasteiger charge is 2.44. The van der Waals surface area contributed by atoms with Crippen LogP contribution in [0.25, 0.3) is 0 Å². The predicted octanol–water partition coefficient (Wildman–Crippen LogP) is -0.816. The molecule has 0 aromatic heterocycles. The second-order valence-electron chi connectivity index (χ2n) is 3.77. The summed E-state index contributed by atoms with van der Waals surface area (Å²) in [6.45, 7) is 1.04. The Morgan fingerprint density at radius 2 is 2.21 bits per heavy atom. The predicted molar refractivity (Wildman–Crippen MR) is 51.6 cm³/mol. The number of methoxy groups -OCH3 is 1. The number of carbonyl (C=O) groups is 1. The van der Waals surface area contributed by atoms with Crippen LogP contribution in [-0.2, 0) is 19.4 Å². The number of carbonyl (C=O) groups excluding carboxylic acids is 1. The van der Waals surface area contributed by atoms with Crippen molar-refractivity contribution < 1.29 is 17.9 Å². The van der Waals surface area contributed by atoms with Crippen LogP contribution < -0.4 is 5.32 Å². The molecule has 0 spiro atoms. The minimum atomic E-state index is -3.16. The van der Waals surface area contributed by atoms with Crippen molar-refractivity contribution in [2.75, 3.05) is 32.2 Å². The van der Waals surface area contributed by atoms with Crippen LogP contribution >= 0.6 is 0 Å². The van der Waals surface area contributed by atoms with Gasteiger partial charge in [0.05, 0.1) is 18.3 Å². The Morgan fingerprint density at radius 3 is 2.57 bits per heavy atom. The molecule has 1 aliphatic rings. The second-order valence-corrected chi connectivity index (χ2v) is 5.91. The fraction of sp³-hybridized carbons (Fsp3) is 0.875. The zero-order chi connectivity index (χ0) is 10.8. The fourth-order valence-corrected chi connectivity index (χ4v) is 3.19. The van der Waals surface area contributed by atoms with Crippen LogP contribution in [0.2, 0.25) is 0 Å². The first-order valence-corrected chi connectivity index (χ1v) is 6.43. The van der Waals surface area contributed by atoms with E-state index >= 15 is 0 Å². The Morgan fingerprint density at radius 1 is 1.57 bits per heavy atom. The molecule has 6 heteroatoms. The molecule has 0 amide bonds. The normalized spacial score (nSPS) is 27.6. The number of nitrogens with one attached hydrogen (secondary N) is 1. The molecule has 0 radical (unpaired) electrons. The molecule has 0 aromatic carbocycles. The smallest absolute Gasteiger partial charge is 0.314 e. The number of ether oxygens (including phenoxy) is 1. The summed E-state index contributed by atoms with van der Waals surface area (Å²) in [7, 11) is -1.88. The van der Waals surface area contributed by atoms with E-state index in [1.54, 1.807) is 0 Å². The summed E-state index contributed by atoms with van der Waals surface area (Å²) in [5, 5.41) is 2.99. The SMILES string of the molecule is COC(=O)C1(CS(C)(=O)=O)CCNC1. The topological polar surface area (TPSA) is 72.5 Å². The lowest BCUT2D eigenvalue weighted by Crippen LogP contribution is -2.40. The van der Waals surface area contributed by atoms with E-state index in [1.807, 2.05) is 0 Å². The maximum atomic E-state index is 11.5. The third kappa shape index (κ3) is 2.45. The number of hydrogen-bond donors (Lipinski definition) is 1. The van der Waals surface area contributed by atoms with E-state index in [-0.39, 0.29) is 5.75 Å². The highest BCUT2D eigenvalue weighted by molar-refractivity contribution is 7.90. The first-order chi connectivity index (χ1) is 6.40. The average molecular weight is 221 g/mol. The maximum Gasteiger partial charge on any atom is 0.314 e. The summed E-state index contributed by atoms with van der Waals surface area (Å²) >= 11 is 0. The van der Waals surface area contributed by atoms with Gasteiger partial charge in [0.1, 0.15) is 9.84 Å². The first kappa shape index (κ1) is 11.5. The monoisotopic (exact) mass is 221 g/mol. The molecule has 1 heterocycles. The lowest BCUT2D eigenvalue weighted by Gasteiger charge is -2.23. The molecule has 0 aromatic rings. The highest BCUT2D eigenvalue weighted by Crippen LogP contribution is 2.28. The van der Waals surface area contributed by atoms with Gasteiger partial charge in [0.15, 0.2) is 0 Å². The summed E-state index contributed by atoms with van der Waals surface area (Å²) in [5.74, 6) is -0.576. The maximum absolute atomic E-state index is 11.5. The molecule has 1 rings (SSSR count). The van der Waals surface area contributed by atoms with Gasteiger partial charge in [-0.05, 0) is 13.0 Å². The van der Waals surface area contributed by atoms with E-state index in [4.69, 9.17) is 0 Å². The van der Waals surface area contributed by atoms with Crippen LogP contribution in [0.15, 0.2) is 0 Å². The van der Waals surface area contributed by atoms with E-state index in [0.29, 0.717) is 19.5 Å². The van der Waals surface area contributed by atoms with E-state index < -0.39 is 21.2 Å². The van der Waals surface area contributed by atoms with Crippen molar-refractivity contribution in [2.24, 2.45) is 5.41 Å². The lowest BCUT2D eigenvalue weighted by molar-refractivity contribution is -0.150. The Labute approximate surface area is 83.7 Å². The number of hydrogen-bond acceptors (Lipinski definition) is 5. The molecule has 82 valence electrons. The minimum absolute atomic E-state index is 0.139. The van der Waals surface area contributed by atoms with Crippen LogP contribution in [0.3, 0.4) is 0 Å². The van der Waals surface area contributed by atoms with Gasteiger partial charge in [-0.15, -0.1) is 0 Å². The van der Waals surface area contributed by atoms with Crippen molar-refractivity contribution in [3.63, 3.8) is 0 Å². The van der Waals surface area contributed by atoms with Crippen molar-refractivity contribution in [2.45, 2.75) is 6.42 Å². The Bertz CT molecular complexity index is 316. The molecule has 14 heavy (non-hydrogen) atoms. The Kier molecular flexibility index (Phi) is 3.16. The van der Waals surface area contributed by atoms with E-state index in [1.165, 1.54) is 7.11 Å². The standard InChI is InChI=1S/C8H15NO4S/c1-13-7(10)8(3-4-9-5-8)6-14(2,11)12/h9H,3-6H2,1-2H3. The molecule has 1 unspecified atom stereocenters. The van der Waals surface area contributed by atoms with Crippen LogP contribution in [0.1, 0.15) is 6.42 Å². The molecule has 1 fully saturated rings. The molecule has 5 nitrogen and oxygen atoms in total. The summed E-state index contributed by atoms with van der Waals surface area (Å²) in [5.41, 5.74) is -0.873. The largest absolute Gasteiger partial charge is 0.469 e. The summed E-state index contributed by atoms with van der Waals surface area (Å²) in [6, 6.07) is 0. The molecule has 0 aliphatic carbocycles. The molecule has 1 N–H and O–H groups in total. The van der Waals surface area contributed by atoms with E-state index in [9.17, 15) is 13.2 Å². The average Bonchev–Trinajstić information content (AvgIpc) is 2.49. The van der Waals surface area contributed by atoms with Gasteiger partial charge in [-0.1, -0.05) is 0 Å². The van der Waals surface area contributed by atoms with Crippen molar-refractivity contribution in [3.05, 3.63) is 0 Å². The van der Waals surface area contributed by atoms with Gasteiger partial charge in [-0.2, -0.15) is 0 Å². The van der Waals surface area contributed by atoms with Gasteiger partial charge >= 0.3 is 5.97 Å². The van der Waals surface area contributed by atoms with E-state index in [2.05, 4.69) is 10.1 Å². The fourth-order valence-electron chi connectivity index (χ4n) is 1.82. The zero-order valence-corrected chi connectivity index (χ0v) is 9.19. The lowest BCUT2D eigenvalue weighted by atomic mass is 9.90. The minimum Gasteiger partial charge on any atom is -0.469 e. The Hall–Kier alpha value is -0.620. The van der Waals surface area contributed by atoms with Crippen molar-refractivity contribution in [1.29, 1.82) is 0 Å². The van der Waals surface area contributed by atoms with Gasteiger partial charge in [0.25, 0.3) is 0 Å². The number of sulfone groups is 1. The molecular formula is C8H15NO4S. The summed E-state index contributed by atoms with van der Waals surface area (Å²) in [4.78, 5) is 11.5. The first-order valence-electron chi connectivity index (χ1n) is 4.36. The number of rotatable bonds is 3. The third-order valence-electron chi connectivity index (χ3n) is 2.40. The van der Waals surface area contributed by atoms with Gasteiger partial charge in [0, 0.05) is 12.8 Å². The van der Waals surface area contributed by atoms with Gasteiger partial charge in [-0.3, -0.25) is 4.79 Å².